The number of likely N-dealkylation sites (tertiary alicyclic amines) is 1. The van der Waals surface area contributed by atoms with E-state index in [2.05, 4.69) is 16.8 Å². The second kappa shape index (κ2) is 7.57. The zero-order chi connectivity index (χ0) is 15.2. The van der Waals surface area contributed by atoms with Gasteiger partial charge in [-0.05, 0) is 51.0 Å². The number of carbonyl (C=O) groups is 1. The van der Waals surface area contributed by atoms with Gasteiger partial charge in [-0.25, -0.2) is 0 Å². The highest BCUT2D eigenvalue weighted by Gasteiger charge is 2.14. The molecule has 1 aromatic carbocycles. The van der Waals surface area contributed by atoms with Crippen LogP contribution in [0.2, 0.25) is 0 Å². The Kier molecular flexibility index (Phi) is 5.76. The molecule has 1 unspecified atom stereocenters. The maximum atomic E-state index is 11.0. The molecule has 2 rings (SSSR count). The van der Waals surface area contributed by atoms with Gasteiger partial charge in [0.1, 0.15) is 0 Å². The number of hydrogen-bond donors (Lipinski definition) is 1. The molecule has 1 heterocycles. The van der Waals surface area contributed by atoms with E-state index in [4.69, 9.17) is 5.11 Å². The second-order valence-electron chi connectivity index (χ2n) is 6.09. The van der Waals surface area contributed by atoms with Crippen LogP contribution < -0.4 is 0 Å². The van der Waals surface area contributed by atoms with Gasteiger partial charge in [-0.1, -0.05) is 24.3 Å². The molecule has 0 aromatic heterocycles. The molecular weight excluding hydrogens is 264 g/mol. The van der Waals surface area contributed by atoms with Gasteiger partial charge in [0, 0.05) is 19.6 Å². The summed E-state index contributed by atoms with van der Waals surface area (Å²) in [5.74, 6) is -1.21. The van der Waals surface area contributed by atoms with Crippen molar-refractivity contribution in [2.75, 3.05) is 33.2 Å². The predicted octanol–water partition coefficient (Wildman–Crippen LogP) is 2.40. The minimum absolute atomic E-state index is 0.438. The fraction of sp³-hybridized carbons (Fsp3) is 0.588. The summed E-state index contributed by atoms with van der Waals surface area (Å²) in [6.07, 6.45) is 2.68. The lowest BCUT2D eigenvalue weighted by atomic mass is 10.00. The van der Waals surface area contributed by atoms with Gasteiger partial charge in [0.15, 0.2) is 0 Å². The number of aliphatic carboxylic acids is 1. The lowest BCUT2D eigenvalue weighted by molar-refractivity contribution is -0.138. The lowest BCUT2D eigenvalue weighted by Gasteiger charge is -2.21. The van der Waals surface area contributed by atoms with E-state index in [0.29, 0.717) is 0 Å². The van der Waals surface area contributed by atoms with Crippen LogP contribution in [0.1, 0.15) is 36.8 Å². The van der Waals surface area contributed by atoms with Crippen LogP contribution in [-0.4, -0.2) is 54.1 Å². The Morgan fingerprint density at radius 3 is 2.48 bits per heavy atom. The average molecular weight is 290 g/mol. The number of nitrogens with zero attached hydrogens (tertiary/aromatic N) is 2. The zero-order valence-corrected chi connectivity index (χ0v) is 13.1. The molecule has 0 radical (unpaired) electrons. The highest BCUT2D eigenvalue weighted by molar-refractivity contribution is 5.75. The number of rotatable bonds is 7. The first-order valence-corrected chi connectivity index (χ1v) is 7.79. The van der Waals surface area contributed by atoms with Crippen LogP contribution >= 0.6 is 0 Å². The highest BCUT2D eigenvalue weighted by Crippen LogP contribution is 2.16. The van der Waals surface area contributed by atoms with E-state index in [1.807, 2.05) is 24.3 Å². The van der Waals surface area contributed by atoms with E-state index >= 15 is 0 Å². The molecule has 4 nitrogen and oxygen atoms in total. The van der Waals surface area contributed by atoms with Crippen LogP contribution in [0.4, 0.5) is 0 Å². The molecule has 0 saturated carbocycles. The maximum absolute atomic E-state index is 11.0. The Morgan fingerprint density at radius 1 is 1.29 bits per heavy atom. The largest absolute Gasteiger partial charge is 0.481 e. The molecule has 1 aliphatic rings. The van der Waals surface area contributed by atoms with Crippen LogP contribution in [0.5, 0.6) is 0 Å². The van der Waals surface area contributed by atoms with Gasteiger partial charge in [0.2, 0.25) is 0 Å². The molecule has 0 amide bonds. The van der Waals surface area contributed by atoms with Gasteiger partial charge in [-0.15, -0.1) is 0 Å². The first-order valence-electron chi connectivity index (χ1n) is 7.79. The van der Waals surface area contributed by atoms with Crippen LogP contribution in [-0.2, 0) is 11.3 Å². The molecule has 1 saturated heterocycles. The van der Waals surface area contributed by atoms with Crippen molar-refractivity contribution in [1.29, 1.82) is 0 Å². The third-order valence-electron chi connectivity index (χ3n) is 4.30. The van der Waals surface area contributed by atoms with Crippen molar-refractivity contribution in [3.05, 3.63) is 35.4 Å². The SMILES string of the molecule is CC(C(=O)O)c1ccc(CN(C)CCN2CCCC2)cc1. The van der Waals surface area contributed by atoms with Gasteiger partial charge < -0.3 is 14.9 Å². The van der Waals surface area contributed by atoms with E-state index in [0.717, 1.165) is 25.2 Å². The number of carboxylic acids is 1. The molecule has 21 heavy (non-hydrogen) atoms. The summed E-state index contributed by atoms with van der Waals surface area (Å²) < 4.78 is 0. The first-order chi connectivity index (χ1) is 10.1. The first kappa shape index (κ1) is 16.0. The zero-order valence-electron chi connectivity index (χ0n) is 13.1. The minimum atomic E-state index is -0.773. The van der Waals surface area contributed by atoms with Gasteiger partial charge >= 0.3 is 5.97 Å². The third kappa shape index (κ3) is 4.83. The summed E-state index contributed by atoms with van der Waals surface area (Å²) in [6.45, 7) is 7.35. The molecule has 1 aliphatic heterocycles. The third-order valence-corrected chi connectivity index (χ3v) is 4.30. The Labute approximate surface area is 127 Å². The van der Waals surface area contributed by atoms with Crippen molar-refractivity contribution in [2.45, 2.75) is 32.2 Å². The topological polar surface area (TPSA) is 43.8 Å². The summed E-state index contributed by atoms with van der Waals surface area (Å²) in [5, 5.41) is 9.01. The average Bonchev–Trinajstić information content (AvgIpc) is 2.98. The molecule has 116 valence electrons. The number of benzene rings is 1. The fourth-order valence-electron chi connectivity index (χ4n) is 2.76. The van der Waals surface area contributed by atoms with Crippen LogP contribution in [0.15, 0.2) is 24.3 Å². The Balaban J connectivity index is 1.80. The Hall–Kier alpha value is -1.39. The number of carboxylic acid groups (broad SMARTS) is 1. The van der Waals surface area contributed by atoms with E-state index in [-0.39, 0.29) is 0 Å². The predicted molar refractivity (Wildman–Crippen MR) is 84.5 cm³/mol. The molecule has 0 spiro atoms. The van der Waals surface area contributed by atoms with Gasteiger partial charge in [-0.3, -0.25) is 4.79 Å². The van der Waals surface area contributed by atoms with E-state index in [1.54, 1.807) is 6.92 Å². The quantitative estimate of drug-likeness (QED) is 0.837. The Morgan fingerprint density at radius 2 is 1.90 bits per heavy atom. The minimum Gasteiger partial charge on any atom is -0.481 e. The molecule has 1 fully saturated rings. The summed E-state index contributed by atoms with van der Waals surface area (Å²) in [7, 11) is 2.14. The van der Waals surface area contributed by atoms with Crippen LogP contribution in [0.25, 0.3) is 0 Å². The number of hydrogen-bond acceptors (Lipinski definition) is 3. The smallest absolute Gasteiger partial charge is 0.310 e. The van der Waals surface area contributed by atoms with Gasteiger partial charge in [0.25, 0.3) is 0 Å². The van der Waals surface area contributed by atoms with E-state index < -0.39 is 11.9 Å². The van der Waals surface area contributed by atoms with Crippen molar-refractivity contribution >= 4 is 5.97 Å². The molecule has 1 aromatic rings. The normalized spacial score (nSPS) is 17.3. The fourth-order valence-corrected chi connectivity index (χ4v) is 2.76. The lowest BCUT2D eigenvalue weighted by Crippen LogP contribution is -2.31. The Bertz CT molecular complexity index is 452. The monoisotopic (exact) mass is 290 g/mol. The van der Waals surface area contributed by atoms with E-state index in [1.165, 1.54) is 31.5 Å². The van der Waals surface area contributed by atoms with Gasteiger partial charge in [-0.2, -0.15) is 0 Å². The summed E-state index contributed by atoms with van der Waals surface area (Å²) in [4.78, 5) is 15.8. The molecular formula is C17H26N2O2. The molecule has 1 atom stereocenters. The van der Waals surface area contributed by atoms with Crippen molar-refractivity contribution in [3.63, 3.8) is 0 Å². The molecule has 0 aliphatic carbocycles. The summed E-state index contributed by atoms with van der Waals surface area (Å²) in [5.41, 5.74) is 2.10. The van der Waals surface area contributed by atoms with Crippen molar-refractivity contribution < 1.29 is 9.90 Å². The van der Waals surface area contributed by atoms with Crippen molar-refractivity contribution in [1.82, 2.24) is 9.80 Å². The van der Waals surface area contributed by atoms with Gasteiger partial charge in [0.05, 0.1) is 5.92 Å². The molecule has 0 bridgehead atoms. The molecule has 1 N–H and O–H groups in total. The summed E-state index contributed by atoms with van der Waals surface area (Å²) >= 11 is 0. The van der Waals surface area contributed by atoms with E-state index in [9.17, 15) is 4.79 Å². The van der Waals surface area contributed by atoms with Crippen molar-refractivity contribution in [3.8, 4) is 0 Å². The summed E-state index contributed by atoms with van der Waals surface area (Å²) in [6, 6.07) is 7.95. The highest BCUT2D eigenvalue weighted by atomic mass is 16.4. The van der Waals surface area contributed by atoms with Crippen LogP contribution in [0.3, 0.4) is 0 Å². The second-order valence-corrected chi connectivity index (χ2v) is 6.09. The number of likely N-dealkylation sites (N-methyl/N-ethyl adjacent to an activating group) is 1. The van der Waals surface area contributed by atoms with Crippen molar-refractivity contribution in [2.24, 2.45) is 0 Å². The maximum Gasteiger partial charge on any atom is 0.310 e. The van der Waals surface area contributed by atoms with Crippen LogP contribution in [0, 0.1) is 0 Å². The molecule has 4 heteroatoms. The standard InChI is InChI=1S/C17H26N2O2/c1-14(17(20)21)16-7-5-15(6-8-16)13-18(2)11-12-19-9-3-4-10-19/h5-8,14H,3-4,9-13H2,1-2H3,(H,20,21).